The lowest BCUT2D eigenvalue weighted by Gasteiger charge is -2.39. The normalized spacial score (nSPS) is 13.5. The molecule has 0 amide bonds. The fourth-order valence-corrected chi connectivity index (χ4v) is 8.95. The summed E-state index contributed by atoms with van der Waals surface area (Å²) in [6, 6.07) is 29.9. The quantitative estimate of drug-likeness (QED) is 0.106. The Balaban J connectivity index is 0.00000432. The van der Waals surface area contributed by atoms with E-state index in [-0.39, 0.29) is 17.0 Å². The molecule has 0 unspecified atom stereocenters. The van der Waals surface area contributed by atoms with Gasteiger partial charge in [-0.25, -0.2) is 0 Å². The van der Waals surface area contributed by atoms with Crippen molar-refractivity contribution in [1.29, 1.82) is 0 Å². The van der Waals surface area contributed by atoms with E-state index in [0.29, 0.717) is 30.1 Å². The fourth-order valence-electron chi connectivity index (χ4n) is 7.76. The van der Waals surface area contributed by atoms with Gasteiger partial charge in [0.05, 0.1) is 43.2 Å². The first-order chi connectivity index (χ1) is 23.6. The lowest BCUT2D eigenvalue weighted by molar-refractivity contribution is -0.953. The number of fused-ring (bicyclic) bond motifs is 7. The van der Waals surface area contributed by atoms with Crippen molar-refractivity contribution in [2.45, 2.75) is 52.6 Å². The van der Waals surface area contributed by atoms with Gasteiger partial charge in [0.25, 0.3) is 0 Å². The molecule has 0 aliphatic carbocycles. The highest BCUT2D eigenvalue weighted by atomic mass is 79.9. The zero-order valence-electron chi connectivity index (χ0n) is 27.8. The van der Waals surface area contributed by atoms with Crippen LogP contribution in [-0.4, -0.2) is 17.6 Å². The Morgan fingerprint density at radius 3 is 1.24 bits per heavy atom. The van der Waals surface area contributed by atoms with Gasteiger partial charge in [-0.1, -0.05) is 145 Å². The number of halogens is 7. The standard InChI is InChI=1S/C42H36Cl6N.BrH/c1-3-5-15-49(16-6-4-2)23-33-31(27-19-35(43)41(47)36(44)20-27)17-25-11-7-9-13-29(25)39(33)40-30-14-10-8-12-26(30)18-32(34(40)24-49)28-21-37(45)42(48)38(46)22-28;/h7-14,17-22H,3-6,15-16,23-24H2,1-2H3;1H/q+1;/p-1. The van der Waals surface area contributed by atoms with E-state index in [2.05, 4.69) is 74.5 Å². The van der Waals surface area contributed by atoms with Crippen LogP contribution in [0.15, 0.2) is 84.9 Å². The molecule has 1 aliphatic heterocycles. The molecule has 7 rings (SSSR count). The Labute approximate surface area is 335 Å². The van der Waals surface area contributed by atoms with Gasteiger partial charge in [0.2, 0.25) is 0 Å². The Morgan fingerprint density at radius 1 is 0.520 bits per heavy atom. The van der Waals surface area contributed by atoms with Crippen molar-refractivity contribution in [1.82, 2.24) is 0 Å². The number of hydrogen-bond acceptors (Lipinski definition) is 0. The lowest BCUT2D eigenvalue weighted by atomic mass is 9.82. The Hall–Kier alpha value is -1.98. The summed E-state index contributed by atoms with van der Waals surface area (Å²) in [7, 11) is 0. The molecule has 6 aromatic rings. The van der Waals surface area contributed by atoms with Crippen molar-refractivity contribution in [3.8, 4) is 33.4 Å². The van der Waals surface area contributed by atoms with Gasteiger partial charge >= 0.3 is 0 Å². The molecule has 0 N–H and O–H groups in total. The van der Waals surface area contributed by atoms with E-state index in [0.717, 1.165) is 89.4 Å². The summed E-state index contributed by atoms with van der Waals surface area (Å²) in [4.78, 5) is 0. The highest BCUT2D eigenvalue weighted by Gasteiger charge is 2.37. The number of unbranched alkanes of at least 4 members (excludes halogenated alkanes) is 2. The molecule has 50 heavy (non-hydrogen) atoms. The van der Waals surface area contributed by atoms with Crippen molar-refractivity contribution in [2.75, 3.05) is 13.1 Å². The van der Waals surface area contributed by atoms with Crippen LogP contribution in [0.3, 0.4) is 0 Å². The van der Waals surface area contributed by atoms with Gasteiger partial charge in [0, 0.05) is 22.3 Å². The van der Waals surface area contributed by atoms with Gasteiger partial charge in [-0.2, -0.15) is 0 Å². The average Bonchev–Trinajstić information content (AvgIpc) is 3.25. The minimum absolute atomic E-state index is 0. The molecule has 0 saturated heterocycles. The zero-order valence-corrected chi connectivity index (χ0v) is 34.0. The van der Waals surface area contributed by atoms with Crippen LogP contribution in [-0.2, 0) is 13.1 Å². The van der Waals surface area contributed by atoms with Gasteiger partial charge < -0.3 is 21.5 Å². The summed E-state index contributed by atoms with van der Waals surface area (Å²) in [5, 5.41) is 7.26. The Morgan fingerprint density at radius 2 is 0.880 bits per heavy atom. The van der Waals surface area contributed by atoms with Gasteiger partial charge in [0.15, 0.2) is 0 Å². The maximum atomic E-state index is 6.73. The molecule has 0 fully saturated rings. The molecule has 1 nitrogen and oxygen atoms in total. The number of quaternary nitrogens is 1. The molecule has 0 bridgehead atoms. The molecule has 0 atom stereocenters. The number of nitrogens with zero attached hydrogens (tertiary/aromatic N) is 1. The fraction of sp³-hybridized carbons (Fsp3) is 0.238. The molecule has 8 heteroatoms. The third-order valence-corrected chi connectivity index (χ3v) is 12.5. The summed E-state index contributed by atoms with van der Waals surface area (Å²) >= 11 is 39.9. The smallest absolute Gasteiger partial charge is 0.106 e. The molecule has 1 heterocycles. The maximum Gasteiger partial charge on any atom is 0.106 e. The van der Waals surface area contributed by atoms with Crippen LogP contribution >= 0.6 is 69.6 Å². The van der Waals surface area contributed by atoms with Crippen molar-refractivity contribution in [3.05, 3.63) is 126 Å². The number of hydrogen-bond donors (Lipinski definition) is 0. The predicted molar refractivity (Wildman–Crippen MR) is 215 cm³/mol. The van der Waals surface area contributed by atoms with Crippen LogP contribution in [0.2, 0.25) is 30.1 Å². The minimum atomic E-state index is 0. The summed E-state index contributed by atoms with van der Waals surface area (Å²) in [5.74, 6) is 0. The second-order valence-electron chi connectivity index (χ2n) is 13.3. The minimum Gasteiger partial charge on any atom is -1.00 e. The van der Waals surface area contributed by atoms with Crippen molar-refractivity contribution < 1.29 is 21.5 Å². The van der Waals surface area contributed by atoms with Crippen molar-refractivity contribution in [3.63, 3.8) is 0 Å². The van der Waals surface area contributed by atoms with E-state index in [4.69, 9.17) is 69.6 Å². The summed E-state index contributed by atoms with van der Waals surface area (Å²) in [5.41, 5.74) is 9.29. The summed E-state index contributed by atoms with van der Waals surface area (Å²) < 4.78 is 0.919. The van der Waals surface area contributed by atoms with Gasteiger partial charge in [-0.15, -0.1) is 0 Å². The average molecular weight is 847 g/mol. The van der Waals surface area contributed by atoms with Crippen LogP contribution in [0.1, 0.15) is 50.7 Å². The van der Waals surface area contributed by atoms with E-state index >= 15 is 0 Å². The summed E-state index contributed by atoms with van der Waals surface area (Å²) in [6.45, 7) is 8.39. The second-order valence-corrected chi connectivity index (χ2v) is 15.7. The Kier molecular flexibility index (Phi) is 11.7. The van der Waals surface area contributed by atoms with Crippen LogP contribution in [0.5, 0.6) is 0 Å². The predicted octanol–water partition coefficient (Wildman–Crippen LogP) is 12.3. The first-order valence-electron chi connectivity index (χ1n) is 16.9. The summed E-state index contributed by atoms with van der Waals surface area (Å²) in [6.07, 6.45) is 4.48. The lowest BCUT2D eigenvalue weighted by Crippen LogP contribution is -3.00. The molecule has 0 spiro atoms. The molecular weight excluding hydrogens is 811 g/mol. The van der Waals surface area contributed by atoms with Crippen LogP contribution in [0.4, 0.5) is 0 Å². The SMILES string of the molecule is CCCC[N+]1(CCCC)Cc2c(-c3cc(Cl)c(Cl)c(Cl)c3)cc3ccccc3c2-c2c(c(-c3cc(Cl)c(Cl)c(Cl)c3)cc3ccccc23)C1.[Br-]. The molecule has 0 saturated carbocycles. The monoisotopic (exact) mass is 843 g/mol. The first kappa shape index (κ1) is 37.8. The van der Waals surface area contributed by atoms with Crippen LogP contribution in [0, 0.1) is 0 Å². The third kappa shape index (κ3) is 6.93. The van der Waals surface area contributed by atoms with Crippen molar-refractivity contribution in [2.24, 2.45) is 0 Å². The van der Waals surface area contributed by atoms with E-state index in [1.807, 2.05) is 24.3 Å². The highest BCUT2D eigenvalue weighted by Crippen LogP contribution is 2.51. The molecule has 258 valence electrons. The topological polar surface area (TPSA) is 0 Å². The largest absolute Gasteiger partial charge is 1.00 e. The Bertz CT molecular complexity index is 2040. The van der Waals surface area contributed by atoms with E-state index in [9.17, 15) is 0 Å². The van der Waals surface area contributed by atoms with Gasteiger partial charge in [0.1, 0.15) is 13.1 Å². The van der Waals surface area contributed by atoms with Crippen LogP contribution in [0.25, 0.3) is 54.9 Å². The van der Waals surface area contributed by atoms with Crippen LogP contribution < -0.4 is 17.0 Å². The number of rotatable bonds is 8. The van der Waals surface area contributed by atoms with Gasteiger partial charge in [-0.05, 0) is 93.0 Å². The van der Waals surface area contributed by atoms with E-state index in [1.165, 1.54) is 33.0 Å². The number of benzene rings is 6. The maximum absolute atomic E-state index is 6.73. The third-order valence-electron chi connectivity index (χ3n) is 10.1. The second kappa shape index (κ2) is 15.6. The molecule has 0 radical (unpaired) electrons. The van der Waals surface area contributed by atoms with Gasteiger partial charge in [-0.3, -0.25) is 0 Å². The van der Waals surface area contributed by atoms with E-state index < -0.39 is 0 Å². The molecular formula is C42H36BrCl6N. The molecule has 6 aromatic carbocycles. The van der Waals surface area contributed by atoms with E-state index in [1.54, 1.807) is 0 Å². The zero-order chi connectivity index (χ0) is 34.4. The first-order valence-corrected chi connectivity index (χ1v) is 19.2. The molecule has 0 aromatic heterocycles. The molecule has 1 aliphatic rings. The van der Waals surface area contributed by atoms with Crippen molar-refractivity contribution >= 4 is 91.2 Å². The highest BCUT2D eigenvalue weighted by molar-refractivity contribution is 6.49.